The summed E-state index contributed by atoms with van der Waals surface area (Å²) in [5.74, 6) is -14.6. The minimum Gasteiger partial charge on any atom is -0.394 e. The van der Waals surface area contributed by atoms with E-state index in [9.17, 15) is 90.5 Å². The number of amides is 15. The number of nitrogens with two attached hydrogens (primary N) is 5. The van der Waals surface area contributed by atoms with Crippen molar-refractivity contribution in [1.82, 2.24) is 83.1 Å². The first-order valence-corrected chi connectivity index (χ1v) is 44.1. The normalized spacial score (nSPS) is 15.5. The summed E-state index contributed by atoms with van der Waals surface area (Å²) in [4.78, 5) is 221. The number of carbonyl (C=O) groups excluding carboxylic acids is 15. The lowest BCUT2D eigenvalue weighted by atomic mass is 10.0. The van der Waals surface area contributed by atoms with Gasteiger partial charge in [0.05, 0.1) is 31.3 Å². The van der Waals surface area contributed by atoms with E-state index in [1.54, 1.807) is 55.6 Å². The summed E-state index contributed by atoms with van der Waals surface area (Å²) < 4.78 is 27.3. The second-order valence-electron chi connectivity index (χ2n) is 31.1. The molecule has 41 nitrogen and oxygen atoms in total. The van der Waals surface area contributed by atoms with Crippen molar-refractivity contribution in [3.63, 3.8) is 0 Å². The molecule has 0 aliphatic carbocycles. The number of β-amino-alcohol motifs (C(OH)–C–C–N with tert-alkyl or cyclic N) is 1. The zero-order chi connectivity index (χ0) is 91.3. The van der Waals surface area contributed by atoms with Gasteiger partial charge in [-0.15, -0.1) is 0 Å². The van der Waals surface area contributed by atoms with Crippen molar-refractivity contribution in [1.29, 1.82) is 0 Å². The number of aromatic amines is 2. The van der Waals surface area contributed by atoms with Crippen LogP contribution in [0.2, 0.25) is 0 Å². The highest BCUT2D eigenvalue weighted by Gasteiger charge is 2.43. The van der Waals surface area contributed by atoms with Crippen molar-refractivity contribution in [2.45, 2.75) is 274 Å². The Hall–Kier alpha value is -11.7. The van der Waals surface area contributed by atoms with Gasteiger partial charge in [0.1, 0.15) is 66.5 Å². The van der Waals surface area contributed by atoms with Crippen LogP contribution in [0.25, 0.3) is 10.9 Å². The summed E-state index contributed by atoms with van der Waals surface area (Å²) in [5, 5.41) is 49.6. The number of aliphatic hydroxyl groups excluding tert-OH is 2. The molecule has 12 atom stereocenters. The summed E-state index contributed by atoms with van der Waals surface area (Å²) in [6.45, 7) is 3.79. The third-order valence-corrected chi connectivity index (χ3v) is 22.1. The number of para-hydroxylation sites is 1. The first-order chi connectivity index (χ1) is 59.1. The van der Waals surface area contributed by atoms with E-state index in [0.29, 0.717) is 30.4 Å². The first-order valence-electron chi connectivity index (χ1n) is 42.5. The SMILES string of the molecule is CCCCCCCCCCCCCCCC(=O)NS(=O)(=O)CCCC(=O)NCC(=O)N[C@@H](CO)C(=O)N[C@H](CCC(N)=O)C(=O)N[C@@H](Cc1cnc[nH]1)C(=O)N[C@@H](CN)C(=O)N[C@@H](CCCC)C(=O)N[C@@H](C)C(=O)N1C[C@H](O)C[C@H]1C(=O)N[C@H](Cc1ccccc1)C(=O)N[C@@H](CCCN=C(N)N)C(=O)N[C@@H](Cc1c[nH]c2ccccc12)C(=O)N[C@@H](C)C(N)=O. The van der Waals surface area contributed by atoms with Crippen LogP contribution in [-0.2, 0) is 101 Å². The van der Waals surface area contributed by atoms with Crippen LogP contribution >= 0.6 is 0 Å². The topological polar surface area (TPSA) is 665 Å². The Morgan fingerprint density at radius 3 is 1.62 bits per heavy atom. The minimum absolute atomic E-state index is 0.00235. The third kappa shape index (κ3) is 37.6. The van der Waals surface area contributed by atoms with Crippen molar-refractivity contribution >= 4 is 115 Å². The molecular weight excluding hydrogens is 1630 g/mol. The molecule has 15 amide bonds. The van der Waals surface area contributed by atoms with Crippen LogP contribution in [0.1, 0.15) is 199 Å². The van der Waals surface area contributed by atoms with Crippen LogP contribution in [-0.4, -0.2) is 244 Å². The van der Waals surface area contributed by atoms with Gasteiger partial charge in [-0.25, -0.2) is 13.4 Å². The molecule has 0 spiro atoms. The lowest BCUT2D eigenvalue weighted by molar-refractivity contribution is -0.142. The molecule has 1 aliphatic rings. The standard InChI is InChI=1S/C82H128N22O19S/c1-5-7-9-10-11-12-13-14-15-16-17-18-22-33-69(109)103-124(122,123)38-26-34-68(108)91-46-70(110)95-65(48-105)79(119)98-60(35-36-67(84)107)74(114)100-63(41-54-45-88-49-92-54)77(117)102-64(43-83)78(118)97-58(30-8-6-2)72(112)94-51(4)81(121)104-47-55(106)42-66(104)80(120)101-61(39-52-27-20-19-21-28-52)76(116)96-59(32-25-37-89-82(86)87)73(113)99-62(75(115)93-50(3)71(85)111)40-53-44-90-57-31-24-23-29-56(53)57/h19-21,23-24,27-29,31,44-45,49-51,55,58-66,90,105-106H,5-18,22,25-26,30,32-43,46-48,83H2,1-4H3,(H2,84,107)(H2,85,111)(H,88,92)(H,91,108)(H,93,115)(H,94,112)(H,95,110)(H,96,116)(H,97,118)(H,98,119)(H,99,113)(H,100,114)(H,101,120)(H,102,117)(H,103,109)(H4,86,87,89)/t50-,51-,55+,58-,59-,60+,61+,62-,63-,64-,65-,66-/m0/s1. The molecule has 0 saturated carbocycles. The average molecular weight is 1760 g/mol. The van der Waals surface area contributed by atoms with Crippen LogP contribution in [0.4, 0.5) is 0 Å². The van der Waals surface area contributed by atoms with Crippen molar-refractivity contribution in [3.05, 3.63) is 90.1 Å². The average Bonchev–Trinajstić information content (AvgIpc) is 1.66. The quantitative estimate of drug-likeness (QED) is 0.0124. The number of carbonyl (C=O) groups is 15. The summed E-state index contributed by atoms with van der Waals surface area (Å²) in [6, 6.07) is -0.918. The van der Waals surface area contributed by atoms with Gasteiger partial charge in [-0.05, 0) is 69.6 Å². The number of aliphatic imine (C=N–C) groups is 1. The number of unbranched alkanes of at least 4 members (excludes halogenated alkanes) is 13. The van der Waals surface area contributed by atoms with Gasteiger partial charge in [-0.3, -0.25) is 81.6 Å². The molecule has 0 bridgehead atoms. The van der Waals surface area contributed by atoms with Gasteiger partial charge in [0, 0.05) is 93.6 Å². The second-order valence-corrected chi connectivity index (χ2v) is 32.9. The Balaban J connectivity index is 1.21. The number of imidazole rings is 1. The molecule has 26 N–H and O–H groups in total. The Labute approximate surface area is 721 Å². The number of H-pyrrole nitrogens is 2. The molecule has 2 aromatic heterocycles. The zero-order valence-electron chi connectivity index (χ0n) is 71.2. The fourth-order valence-corrected chi connectivity index (χ4v) is 14.9. The first kappa shape index (κ1) is 103. The lowest BCUT2D eigenvalue weighted by Gasteiger charge is -2.30. The molecule has 0 unspecified atom stereocenters. The lowest BCUT2D eigenvalue weighted by Crippen LogP contribution is -2.61. The number of hydrogen-bond acceptors (Lipinski definition) is 22. The van der Waals surface area contributed by atoms with Crippen LogP contribution in [0.5, 0.6) is 0 Å². The van der Waals surface area contributed by atoms with Gasteiger partial charge in [-0.2, -0.15) is 0 Å². The molecule has 4 aromatic rings. The highest BCUT2D eigenvalue weighted by molar-refractivity contribution is 7.90. The van der Waals surface area contributed by atoms with Gasteiger partial charge in [0.2, 0.25) is 98.6 Å². The Morgan fingerprint density at radius 1 is 0.532 bits per heavy atom. The number of aliphatic hydroxyl groups is 2. The molecule has 1 saturated heterocycles. The summed E-state index contributed by atoms with van der Waals surface area (Å²) in [6.07, 6.45) is 15.4. The largest absolute Gasteiger partial charge is 0.394 e. The predicted octanol–water partition coefficient (Wildman–Crippen LogP) is -2.46. The number of hydrogen-bond donors (Lipinski definition) is 21. The van der Waals surface area contributed by atoms with Crippen molar-refractivity contribution in [3.8, 4) is 0 Å². The summed E-state index contributed by atoms with van der Waals surface area (Å²) in [5.41, 5.74) is 30.3. The van der Waals surface area contributed by atoms with Crippen molar-refractivity contribution in [2.24, 2.45) is 33.7 Å². The predicted molar refractivity (Wildman–Crippen MR) is 459 cm³/mol. The van der Waals surface area contributed by atoms with E-state index in [2.05, 4.69) is 85.4 Å². The van der Waals surface area contributed by atoms with E-state index < -0.39 is 216 Å². The number of nitrogens with one attached hydrogen (secondary N) is 14. The van der Waals surface area contributed by atoms with Crippen LogP contribution in [0.15, 0.2) is 78.3 Å². The number of rotatable bonds is 60. The molecular formula is C82H128N22O19S. The number of primary amides is 2. The number of nitrogens with zero attached hydrogens (tertiary/aromatic N) is 3. The molecule has 0 radical (unpaired) electrons. The van der Waals surface area contributed by atoms with E-state index >= 15 is 0 Å². The maximum atomic E-state index is 14.8. The molecule has 1 fully saturated rings. The Kier molecular flexibility index (Phi) is 45.4. The molecule has 2 aromatic carbocycles. The zero-order valence-corrected chi connectivity index (χ0v) is 72.0. The number of sulfonamides is 1. The van der Waals surface area contributed by atoms with Crippen LogP contribution in [0.3, 0.4) is 0 Å². The fraction of sp³-hybridized carbons (Fsp3) is 0.598. The molecule has 3 heterocycles. The Morgan fingerprint density at radius 2 is 1.04 bits per heavy atom. The fourth-order valence-electron chi connectivity index (χ4n) is 13.8. The molecule has 686 valence electrons. The van der Waals surface area contributed by atoms with Gasteiger partial charge in [0.15, 0.2) is 5.96 Å². The summed E-state index contributed by atoms with van der Waals surface area (Å²) >= 11 is 0. The van der Waals surface area contributed by atoms with E-state index in [1.165, 1.54) is 77.7 Å². The number of likely N-dealkylation sites (tertiary alicyclic amines) is 1. The maximum absolute atomic E-state index is 14.8. The number of benzene rings is 2. The maximum Gasteiger partial charge on any atom is 0.245 e. The van der Waals surface area contributed by atoms with Crippen molar-refractivity contribution < 1.29 is 90.5 Å². The van der Waals surface area contributed by atoms with Gasteiger partial charge in [-0.1, -0.05) is 152 Å². The van der Waals surface area contributed by atoms with Crippen LogP contribution < -0.4 is 91.9 Å². The van der Waals surface area contributed by atoms with Gasteiger partial charge >= 0.3 is 0 Å². The third-order valence-electron chi connectivity index (χ3n) is 20.8. The minimum atomic E-state index is -4.09. The van der Waals surface area contributed by atoms with E-state index in [4.69, 9.17) is 28.7 Å². The molecule has 124 heavy (non-hydrogen) atoms. The molecule has 42 heteroatoms. The van der Waals surface area contributed by atoms with E-state index in [-0.39, 0.29) is 82.4 Å². The molecule has 1 aliphatic heterocycles. The highest BCUT2D eigenvalue weighted by Crippen LogP contribution is 2.23. The number of aromatic nitrogens is 3. The van der Waals surface area contributed by atoms with Gasteiger partial charge < -0.3 is 112 Å². The van der Waals surface area contributed by atoms with Crippen LogP contribution in [0, 0.1) is 0 Å². The summed E-state index contributed by atoms with van der Waals surface area (Å²) in [7, 11) is -4.09. The van der Waals surface area contributed by atoms with Gasteiger partial charge in [0.25, 0.3) is 0 Å². The van der Waals surface area contributed by atoms with E-state index in [1.807, 2.05) is 16.9 Å². The number of guanidine groups is 1. The van der Waals surface area contributed by atoms with E-state index in [0.717, 1.165) is 41.5 Å². The molecule has 5 rings (SSSR count). The Bertz CT molecular complexity index is 4300. The highest BCUT2D eigenvalue weighted by atomic mass is 32.2. The number of fused-ring (bicyclic) bond motifs is 1. The smallest absolute Gasteiger partial charge is 0.245 e. The van der Waals surface area contributed by atoms with Crippen molar-refractivity contribution in [2.75, 3.05) is 38.5 Å². The monoisotopic (exact) mass is 1760 g/mol. The second kappa shape index (κ2) is 54.8.